The lowest BCUT2D eigenvalue weighted by atomic mass is 9.90. The highest BCUT2D eigenvalue weighted by atomic mass is 35.5. The van der Waals surface area contributed by atoms with Crippen molar-refractivity contribution in [1.82, 2.24) is 30.2 Å². The quantitative estimate of drug-likeness (QED) is 0.573. The number of benzene rings is 1. The Hall–Kier alpha value is -2.74. The predicted molar refractivity (Wildman–Crippen MR) is 113 cm³/mol. The number of anilines is 1. The third-order valence-corrected chi connectivity index (χ3v) is 6.38. The molecule has 156 valence electrons. The molecule has 1 aliphatic carbocycles. The van der Waals surface area contributed by atoms with E-state index in [0.29, 0.717) is 5.02 Å². The van der Waals surface area contributed by atoms with Crippen LogP contribution in [-0.2, 0) is 0 Å². The molecule has 2 fully saturated rings. The maximum Gasteiger partial charge on any atom is 0.225 e. The molecule has 30 heavy (non-hydrogen) atoms. The second-order valence-electron chi connectivity index (χ2n) is 8.04. The van der Waals surface area contributed by atoms with Crippen LogP contribution in [-0.4, -0.2) is 49.9 Å². The third kappa shape index (κ3) is 4.38. The number of hydrogen-bond acceptors (Lipinski definition) is 7. The number of tetrazole rings is 1. The van der Waals surface area contributed by atoms with Crippen LogP contribution in [0.1, 0.15) is 25.7 Å². The zero-order chi connectivity index (χ0) is 20.3. The number of rotatable bonds is 7. The molecule has 2 atom stereocenters. The Bertz CT molecular complexity index is 941. The smallest absolute Gasteiger partial charge is 0.225 e. The fourth-order valence-corrected chi connectivity index (χ4v) is 4.56. The molecule has 5 rings (SSSR count). The molecule has 2 aromatic heterocycles. The normalized spacial score (nSPS) is 21.6. The van der Waals surface area contributed by atoms with E-state index in [1.54, 1.807) is 12.4 Å². The Kier molecular flexibility index (Phi) is 5.48. The van der Waals surface area contributed by atoms with Crippen LogP contribution in [0.3, 0.4) is 0 Å². The molecule has 1 aromatic carbocycles. The van der Waals surface area contributed by atoms with Gasteiger partial charge >= 0.3 is 0 Å². The van der Waals surface area contributed by atoms with Crippen LogP contribution in [0.2, 0.25) is 5.02 Å². The van der Waals surface area contributed by atoms with Crippen molar-refractivity contribution >= 4 is 17.5 Å². The second kappa shape index (κ2) is 8.55. The number of aromatic nitrogens is 6. The molecule has 8 nitrogen and oxygen atoms in total. The fraction of sp³-hybridized carbons (Fsp3) is 0.476. The van der Waals surface area contributed by atoms with Gasteiger partial charge in [0.15, 0.2) is 6.33 Å². The number of nitrogens with zero attached hydrogens (tertiary/aromatic N) is 7. The summed E-state index contributed by atoms with van der Waals surface area (Å²) in [7, 11) is 0. The SMILES string of the molecule is Clc1cnc(N2CCC(C3CC3CCOc3ccc(-n4ncnn4)cc3)CC2)nc1. The Balaban J connectivity index is 1.03. The lowest BCUT2D eigenvalue weighted by Crippen LogP contribution is -2.35. The molecule has 3 aromatic rings. The van der Waals surface area contributed by atoms with E-state index in [0.717, 1.165) is 61.3 Å². The molecular weight excluding hydrogens is 402 g/mol. The van der Waals surface area contributed by atoms with E-state index in [-0.39, 0.29) is 0 Å². The van der Waals surface area contributed by atoms with Crippen molar-refractivity contribution in [2.45, 2.75) is 25.7 Å². The Morgan fingerprint density at radius 3 is 2.53 bits per heavy atom. The Morgan fingerprint density at radius 1 is 1.07 bits per heavy atom. The fourth-order valence-electron chi connectivity index (χ4n) is 4.47. The summed E-state index contributed by atoms with van der Waals surface area (Å²) < 4.78 is 5.95. The van der Waals surface area contributed by atoms with E-state index < -0.39 is 0 Å². The summed E-state index contributed by atoms with van der Waals surface area (Å²) in [5.41, 5.74) is 0.873. The summed E-state index contributed by atoms with van der Waals surface area (Å²) in [5, 5.41) is 12.2. The minimum atomic E-state index is 0.583. The topological polar surface area (TPSA) is 81.9 Å². The molecule has 2 unspecified atom stereocenters. The van der Waals surface area contributed by atoms with E-state index >= 15 is 0 Å². The van der Waals surface area contributed by atoms with Gasteiger partial charge in [0.05, 0.1) is 29.7 Å². The van der Waals surface area contributed by atoms with Crippen molar-refractivity contribution in [2.75, 3.05) is 24.6 Å². The van der Waals surface area contributed by atoms with E-state index in [9.17, 15) is 0 Å². The first-order chi connectivity index (χ1) is 14.8. The van der Waals surface area contributed by atoms with Gasteiger partial charge in [0.1, 0.15) is 5.75 Å². The number of ether oxygens (including phenoxy) is 1. The molecule has 0 spiro atoms. The summed E-state index contributed by atoms with van der Waals surface area (Å²) in [5.74, 6) is 4.14. The van der Waals surface area contributed by atoms with E-state index in [1.807, 2.05) is 24.3 Å². The summed E-state index contributed by atoms with van der Waals surface area (Å²) >= 11 is 5.89. The van der Waals surface area contributed by atoms with Crippen molar-refractivity contribution in [3.8, 4) is 11.4 Å². The number of hydrogen-bond donors (Lipinski definition) is 0. The number of halogens is 1. The van der Waals surface area contributed by atoms with Gasteiger partial charge in [0, 0.05) is 13.1 Å². The van der Waals surface area contributed by atoms with Crippen molar-refractivity contribution in [2.24, 2.45) is 17.8 Å². The molecule has 2 aliphatic rings. The Morgan fingerprint density at radius 2 is 1.83 bits per heavy atom. The van der Waals surface area contributed by atoms with Gasteiger partial charge in [-0.05, 0) is 72.9 Å². The molecule has 1 saturated heterocycles. The van der Waals surface area contributed by atoms with Crippen molar-refractivity contribution in [1.29, 1.82) is 0 Å². The van der Waals surface area contributed by atoms with Gasteiger partial charge in [-0.1, -0.05) is 11.6 Å². The molecular formula is C21H24ClN7O. The van der Waals surface area contributed by atoms with Crippen LogP contribution in [0, 0.1) is 17.8 Å². The third-order valence-electron chi connectivity index (χ3n) is 6.19. The number of piperidine rings is 1. The zero-order valence-electron chi connectivity index (χ0n) is 16.6. The standard InChI is InChI=1S/C21H24ClN7O/c22-17-12-23-21(24-13-17)28-8-5-15(6-9-28)20-11-16(20)7-10-30-19-3-1-18(2-4-19)29-26-14-25-27-29/h1-4,12-16,20H,5-11H2. The Labute approximate surface area is 180 Å². The molecule has 0 radical (unpaired) electrons. The summed E-state index contributed by atoms with van der Waals surface area (Å²) in [6, 6.07) is 7.79. The van der Waals surface area contributed by atoms with Gasteiger partial charge in [-0.2, -0.15) is 0 Å². The van der Waals surface area contributed by atoms with E-state index in [1.165, 1.54) is 30.4 Å². The first kappa shape index (κ1) is 19.2. The molecule has 3 heterocycles. The first-order valence-electron chi connectivity index (χ1n) is 10.4. The lowest BCUT2D eigenvalue weighted by Gasteiger charge is -2.32. The summed E-state index contributed by atoms with van der Waals surface area (Å²) in [6.45, 7) is 2.82. The highest BCUT2D eigenvalue weighted by Crippen LogP contribution is 2.49. The predicted octanol–water partition coefficient (Wildman–Crippen LogP) is 3.43. The monoisotopic (exact) mass is 425 g/mol. The van der Waals surface area contributed by atoms with Gasteiger partial charge in [-0.3, -0.25) is 0 Å². The van der Waals surface area contributed by atoms with Crippen LogP contribution in [0.25, 0.3) is 5.69 Å². The van der Waals surface area contributed by atoms with Crippen molar-refractivity contribution in [3.05, 3.63) is 48.0 Å². The minimum absolute atomic E-state index is 0.583. The van der Waals surface area contributed by atoms with Gasteiger partial charge in [-0.25, -0.2) is 9.97 Å². The summed E-state index contributed by atoms with van der Waals surface area (Å²) in [4.78, 5) is 12.5. The van der Waals surface area contributed by atoms with Crippen molar-refractivity contribution < 1.29 is 4.74 Å². The molecule has 0 bridgehead atoms. The second-order valence-corrected chi connectivity index (χ2v) is 8.48. The van der Waals surface area contributed by atoms with Crippen LogP contribution < -0.4 is 9.64 Å². The van der Waals surface area contributed by atoms with Crippen LogP contribution in [0.5, 0.6) is 5.75 Å². The van der Waals surface area contributed by atoms with Crippen LogP contribution in [0.4, 0.5) is 5.95 Å². The van der Waals surface area contributed by atoms with E-state index in [4.69, 9.17) is 16.3 Å². The zero-order valence-corrected chi connectivity index (χ0v) is 17.4. The first-order valence-corrected chi connectivity index (χ1v) is 10.8. The summed E-state index contributed by atoms with van der Waals surface area (Å²) in [6.07, 6.45) is 9.65. The largest absolute Gasteiger partial charge is 0.494 e. The van der Waals surface area contributed by atoms with Gasteiger partial charge < -0.3 is 9.64 Å². The maximum atomic E-state index is 5.95. The van der Waals surface area contributed by atoms with Crippen molar-refractivity contribution in [3.63, 3.8) is 0 Å². The molecule has 1 saturated carbocycles. The lowest BCUT2D eigenvalue weighted by molar-refractivity contribution is 0.284. The minimum Gasteiger partial charge on any atom is -0.494 e. The van der Waals surface area contributed by atoms with Crippen LogP contribution >= 0.6 is 11.6 Å². The molecule has 0 N–H and O–H groups in total. The van der Waals surface area contributed by atoms with E-state index in [2.05, 4.69) is 30.3 Å². The molecule has 0 amide bonds. The van der Waals surface area contributed by atoms with Crippen LogP contribution in [0.15, 0.2) is 43.0 Å². The highest BCUT2D eigenvalue weighted by molar-refractivity contribution is 6.30. The van der Waals surface area contributed by atoms with Gasteiger partial charge in [0.25, 0.3) is 0 Å². The average molecular weight is 426 g/mol. The molecule has 9 heteroatoms. The maximum absolute atomic E-state index is 5.95. The average Bonchev–Trinajstić information content (AvgIpc) is 3.34. The molecule has 1 aliphatic heterocycles. The van der Waals surface area contributed by atoms with Gasteiger partial charge in [0.2, 0.25) is 5.95 Å². The van der Waals surface area contributed by atoms with Gasteiger partial charge in [-0.15, -0.1) is 15.0 Å². The highest BCUT2D eigenvalue weighted by Gasteiger charge is 2.43.